The summed E-state index contributed by atoms with van der Waals surface area (Å²) in [6.07, 6.45) is 5.60. The zero-order valence-corrected chi connectivity index (χ0v) is 32.3. The first-order chi connectivity index (χ1) is 26.0. The van der Waals surface area contributed by atoms with E-state index in [9.17, 15) is 42.3 Å². The van der Waals surface area contributed by atoms with Gasteiger partial charge < -0.3 is 35.4 Å². The van der Waals surface area contributed by atoms with Crippen molar-refractivity contribution in [1.82, 2.24) is 30.7 Å². The number of benzene rings is 1. The summed E-state index contributed by atoms with van der Waals surface area (Å²) in [6, 6.07) is -4.41. The fraction of sp³-hybridized carbons (Fsp3) is 0.564. The van der Waals surface area contributed by atoms with Gasteiger partial charge in [-0.25, -0.2) is 13.6 Å². The Morgan fingerprint density at radius 3 is 2.18 bits per heavy atom. The quantitative estimate of drug-likeness (QED) is 0.195. The van der Waals surface area contributed by atoms with Gasteiger partial charge in [0.05, 0.1) is 0 Å². The maximum Gasteiger partial charge on any atom is 0.328 e. The molecular weight excluding hydrogens is 718 g/mol. The van der Waals surface area contributed by atoms with Gasteiger partial charge in [0.1, 0.15) is 54.5 Å². The second-order valence-corrected chi connectivity index (χ2v) is 14.8. The second kappa shape index (κ2) is 18.9. The highest BCUT2D eigenvalue weighted by Gasteiger charge is 2.43. The van der Waals surface area contributed by atoms with Crippen LogP contribution in [0.5, 0.6) is 0 Å². The van der Waals surface area contributed by atoms with E-state index in [0.717, 1.165) is 17.7 Å². The smallest absolute Gasteiger partial charge is 0.328 e. The highest BCUT2D eigenvalue weighted by Crippen LogP contribution is 2.24. The summed E-state index contributed by atoms with van der Waals surface area (Å²) in [5.41, 5.74) is 1.87. The number of ether oxygens (including phenoxy) is 1. The normalized spacial score (nSPS) is 24.8. The Kier molecular flexibility index (Phi) is 14.7. The monoisotopic (exact) mass is 770 g/mol. The molecule has 4 rings (SSSR count). The summed E-state index contributed by atoms with van der Waals surface area (Å²) < 4.78 is 34.0. The molecule has 14 nitrogen and oxygen atoms in total. The Labute approximate surface area is 320 Å². The summed E-state index contributed by atoms with van der Waals surface area (Å²) in [4.78, 5) is 99.1. The Morgan fingerprint density at radius 2 is 1.55 bits per heavy atom. The van der Waals surface area contributed by atoms with Crippen molar-refractivity contribution in [2.75, 3.05) is 26.7 Å². The van der Waals surface area contributed by atoms with Crippen molar-refractivity contribution in [2.45, 2.75) is 116 Å². The Bertz CT molecular complexity index is 1710. The fourth-order valence-corrected chi connectivity index (χ4v) is 6.99. The molecule has 3 fully saturated rings. The van der Waals surface area contributed by atoms with Crippen LogP contribution in [0.3, 0.4) is 0 Å². The minimum Gasteiger partial charge on any atom is -0.461 e. The van der Waals surface area contributed by atoms with Crippen molar-refractivity contribution in [2.24, 2.45) is 0 Å². The molecule has 3 aliphatic rings. The number of esters is 1. The Morgan fingerprint density at radius 1 is 0.927 bits per heavy atom. The van der Waals surface area contributed by atoms with Crippen molar-refractivity contribution in [3.63, 3.8) is 0 Å². The zero-order valence-electron chi connectivity index (χ0n) is 32.3. The maximum atomic E-state index is 14.3. The molecule has 55 heavy (non-hydrogen) atoms. The molecule has 0 radical (unpaired) electrons. The van der Waals surface area contributed by atoms with E-state index in [1.54, 1.807) is 6.92 Å². The van der Waals surface area contributed by atoms with E-state index < -0.39 is 95.9 Å². The number of likely N-dealkylation sites (N-methyl/N-ethyl adjacent to an activating group) is 1. The molecule has 3 saturated heterocycles. The lowest BCUT2D eigenvalue weighted by Gasteiger charge is -2.34. The summed E-state index contributed by atoms with van der Waals surface area (Å²) in [7, 11) is 1.42. The van der Waals surface area contributed by atoms with Gasteiger partial charge in [0.25, 0.3) is 0 Å². The lowest BCUT2D eigenvalue weighted by molar-refractivity contribution is -0.158. The molecule has 16 heteroatoms. The molecule has 6 atom stereocenters. The van der Waals surface area contributed by atoms with Crippen LogP contribution in [0.25, 0.3) is 0 Å². The molecule has 300 valence electrons. The number of halogens is 2. The number of fused-ring (bicyclic) bond motifs is 2. The van der Waals surface area contributed by atoms with Gasteiger partial charge in [-0.05, 0) is 90.8 Å². The Hall–Kier alpha value is -5.15. The van der Waals surface area contributed by atoms with E-state index in [0.29, 0.717) is 37.3 Å². The summed E-state index contributed by atoms with van der Waals surface area (Å²) in [6.45, 7) is 8.28. The van der Waals surface area contributed by atoms with E-state index >= 15 is 0 Å². The lowest BCUT2D eigenvalue weighted by Crippen LogP contribution is -2.60. The van der Waals surface area contributed by atoms with Gasteiger partial charge in [0.2, 0.25) is 35.4 Å². The van der Waals surface area contributed by atoms with Crippen LogP contribution in [-0.2, 0) is 44.7 Å². The van der Waals surface area contributed by atoms with Crippen molar-refractivity contribution in [3.05, 3.63) is 58.7 Å². The fourth-order valence-electron chi connectivity index (χ4n) is 6.99. The van der Waals surface area contributed by atoms with Gasteiger partial charge >= 0.3 is 5.97 Å². The molecule has 3 N–H and O–H groups in total. The molecular formula is C39H52F2N6O8. The van der Waals surface area contributed by atoms with Crippen LogP contribution in [0.1, 0.15) is 78.7 Å². The highest BCUT2D eigenvalue weighted by molar-refractivity contribution is 5.98. The highest BCUT2D eigenvalue weighted by atomic mass is 19.1. The van der Waals surface area contributed by atoms with Crippen LogP contribution in [0.2, 0.25) is 0 Å². The largest absolute Gasteiger partial charge is 0.461 e. The summed E-state index contributed by atoms with van der Waals surface area (Å²) >= 11 is 0. The molecule has 0 aliphatic carbocycles. The van der Waals surface area contributed by atoms with Crippen LogP contribution < -0.4 is 16.0 Å². The average molecular weight is 771 g/mol. The number of carbonyl (C=O) groups is 7. The number of nitrogens with one attached hydrogen (secondary N) is 3. The van der Waals surface area contributed by atoms with Gasteiger partial charge in [0.15, 0.2) is 0 Å². The third kappa shape index (κ3) is 11.2. The molecule has 3 aliphatic heterocycles. The van der Waals surface area contributed by atoms with Crippen molar-refractivity contribution >= 4 is 41.4 Å². The van der Waals surface area contributed by atoms with E-state index in [1.165, 1.54) is 41.7 Å². The predicted octanol–water partition coefficient (Wildman–Crippen LogP) is 2.06. The molecule has 0 unspecified atom stereocenters. The van der Waals surface area contributed by atoms with E-state index in [2.05, 4.69) is 16.0 Å². The first-order valence-corrected chi connectivity index (χ1v) is 18.7. The van der Waals surface area contributed by atoms with Crippen molar-refractivity contribution in [3.8, 4) is 0 Å². The standard InChI is InChI=1S/C39H52F2N6O8/c1-22(2)10-7-11-23(3)16-33(48)43-29(19-26-17-27(40)20-28(41)18-26)35(50)44-30-21-55-39(54)32-13-9-15-47(32)36(51)24(4)42-34(49)25(5)45(6)38(53)31-12-8-14-46(31)37(30)52/h10,16-18,20,24-25,29-32H,7-9,11-15,19,21H2,1-6H3,(H,42,49)(H,43,48)(H,44,50)/b23-16+/t24-,25-,29-,30-,31-,32-/m0/s1. The third-order valence-electron chi connectivity index (χ3n) is 10.1. The SMILES string of the molecule is CC(C)=CCC/C(C)=C/C(=O)N[C@@H](Cc1cc(F)cc(F)c1)C(=O)N[C@H]1COC(=O)[C@@H]2CCCN2C(=O)[C@H](C)NC(=O)[C@H](C)N(C)C(=O)[C@@H]2CCCN2C1=O. The number of hydrogen-bond donors (Lipinski definition) is 3. The number of amides is 6. The predicted molar refractivity (Wildman–Crippen MR) is 197 cm³/mol. The van der Waals surface area contributed by atoms with Crippen LogP contribution in [-0.4, -0.2) is 119 Å². The number of hydrogen-bond acceptors (Lipinski definition) is 8. The minimum atomic E-state index is -1.57. The lowest BCUT2D eigenvalue weighted by atomic mass is 10.0. The van der Waals surface area contributed by atoms with Gasteiger partial charge in [-0.3, -0.25) is 28.8 Å². The molecule has 0 spiro atoms. The van der Waals surface area contributed by atoms with Crippen molar-refractivity contribution in [1.29, 1.82) is 0 Å². The molecule has 1 aromatic rings. The van der Waals surface area contributed by atoms with E-state index in [-0.39, 0.29) is 37.9 Å². The van der Waals surface area contributed by atoms with E-state index in [4.69, 9.17) is 4.74 Å². The average Bonchev–Trinajstić information content (AvgIpc) is 3.81. The summed E-state index contributed by atoms with van der Waals surface area (Å²) in [5.74, 6) is -6.66. The first kappa shape index (κ1) is 42.6. The third-order valence-corrected chi connectivity index (χ3v) is 10.1. The minimum absolute atomic E-state index is 0.0459. The molecule has 0 bridgehead atoms. The van der Waals surface area contributed by atoms with Gasteiger partial charge in [-0.2, -0.15) is 0 Å². The zero-order chi connectivity index (χ0) is 40.6. The molecule has 1 aromatic carbocycles. The number of rotatable bonds is 9. The van der Waals surface area contributed by atoms with Crippen LogP contribution >= 0.6 is 0 Å². The number of allylic oxidation sites excluding steroid dienone is 3. The van der Waals surface area contributed by atoms with Gasteiger partial charge in [-0.15, -0.1) is 0 Å². The maximum absolute atomic E-state index is 14.3. The van der Waals surface area contributed by atoms with Crippen LogP contribution in [0.15, 0.2) is 41.5 Å². The van der Waals surface area contributed by atoms with Gasteiger partial charge in [-0.1, -0.05) is 17.2 Å². The van der Waals surface area contributed by atoms with Crippen molar-refractivity contribution < 1.29 is 47.1 Å². The van der Waals surface area contributed by atoms with Crippen LogP contribution in [0.4, 0.5) is 8.78 Å². The summed E-state index contributed by atoms with van der Waals surface area (Å²) in [5, 5.41) is 7.78. The number of cyclic esters (lactones) is 1. The van der Waals surface area contributed by atoms with Gasteiger partial charge in [0, 0.05) is 38.7 Å². The van der Waals surface area contributed by atoms with E-state index in [1.807, 2.05) is 19.9 Å². The second-order valence-electron chi connectivity index (χ2n) is 14.8. The molecule has 3 heterocycles. The Balaban J connectivity index is 1.67. The number of nitrogens with zero attached hydrogens (tertiary/aromatic N) is 3. The molecule has 0 aromatic heterocycles. The molecule has 6 amide bonds. The molecule has 0 saturated carbocycles. The number of carbonyl (C=O) groups excluding carboxylic acids is 7. The first-order valence-electron chi connectivity index (χ1n) is 18.7. The topological polar surface area (TPSA) is 175 Å². The van der Waals surface area contributed by atoms with Crippen LogP contribution in [0, 0.1) is 11.6 Å².